The van der Waals surface area contributed by atoms with Crippen LogP contribution < -0.4 is 10.8 Å². The van der Waals surface area contributed by atoms with E-state index in [0.717, 1.165) is 56.8 Å². The molecule has 0 atom stereocenters. The van der Waals surface area contributed by atoms with Gasteiger partial charge in [0, 0.05) is 44.7 Å². The number of amides is 1. The van der Waals surface area contributed by atoms with E-state index in [1.807, 2.05) is 35.0 Å². The van der Waals surface area contributed by atoms with Crippen molar-refractivity contribution in [1.29, 1.82) is 0 Å². The summed E-state index contributed by atoms with van der Waals surface area (Å²) < 4.78 is 12.6. The Morgan fingerprint density at radius 3 is 2.89 bits per heavy atom. The molecule has 3 heterocycles. The number of nitrogens with one attached hydrogen (secondary N) is 1. The largest absolute Gasteiger partial charge is 0.491 e. The molecule has 2 aromatic rings. The summed E-state index contributed by atoms with van der Waals surface area (Å²) in [5.41, 5.74) is 3.06. The van der Waals surface area contributed by atoms with Crippen molar-refractivity contribution in [1.82, 2.24) is 9.47 Å². The Bertz CT molecular complexity index is 804. The molecular formula is C19H24BN3O4. The Hall–Kier alpha value is -2.13. The molecule has 0 saturated carbocycles. The second-order valence-corrected chi connectivity index (χ2v) is 6.88. The molecule has 27 heavy (non-hydrogen) atoms. The molecule has 0 bridgehead atoms. The number of fused-ring (bicyclic) bond motifs is 1. The molecule has 1 aromatic carbocycles. The maximum atomic E-state index is 12.7. The fraction of sp³-hybridized carbons (Fsp3) is 0.421. The lowest BCUT2D eigenvalue weighted by molar-refractivity contribution is 0.0363. The lowest BCUT2D eigenvalue weighted by atomic mass is 9.73. The third kappa shape index (κ3) is 4.25. The topological polar surface area (TPSA) is 76.0 Å². The van der Waals surface area contributed by atoms with E-state index in [9.17, 15) is 9.82 Å². The highest BCUT2D eigenvalue weighted by Gasteiger charge is 2.25. The number of carbonyl (C=O) groups is 1. The molecule has 8 heteroatoms. The van der Waals surface area contributed by atoms with Crippen LogP contribution in [0.2, 0.25) is 0 Å². The van der Waals surface area contributed by atoms with E-state index in [0.29, 0.717) is 18.0 Å². The second-order valence-electron chi connectivity index (χ2n) is 6.88. The summed E-state index contributed by atoms with van der Waals surface area (Å²) in [5.74, 6) is -0.159. The smallest absolute Gasteiger partial charge is 0.423 e. The van der Waals surface area contributed by atoms with Crippen LogP contribution in [0.15, 0.2) is 36.5 Å². The molecular weight excluding hydrogens is 345 g/mol. The molecule has 7 nitrogen and oxygen atoms in total. The van der Waals surface area contributed by atoms with Crippen LogP contribution in [0, 0.1) is 0 Å². The molecule has 0 spiro atoms. The lowest BCUT2D eigenvalue weighted by Crippen LogP contribution is -2.41. The van der Waals surface area contributed by atoms with Gasteiger partial charge in [-0.2, -0.15) is 0 Å². The van der Waals surface area contributed by atoms with Crippen LogP contribution in [0.3, 0.4) is 0 Å². The third-order valence-corrected chi connectivity index (χ3v) is 5.14. The van der Waals surface area contributed by atoms with Crippen molar-refractivity contribution in [2.45, 2.75) is 13.0 Å². The van der Waals surface area contributed by atoms with Gasteiger partial charge in [-0.3, -0.25) is 9.69 Å². The predicted octanol–water partition coefficient (Wildman–Crippen LogP) is 0.333. The molecule has 2 N–H and O–H groups in total. The number of ether oxygens (including phenoxy) is 1. The summed E-state index contributed by atoms with van der Waals surface area (Å²) in [6.45, 7) is 5.56. The number of aromatic nitrogens is 1. The summed E-state index contributed by atoms with van der Waals surface area (Å²) in [6, 6.07) is 9.31. The minimum absolute atomic E-state index is 0.159. The molecule has 0 aliphatic carbocycles. The first-order chi connectivity index (χ1) is 13.2. The highest BCUT2D eigenvalue weighted by atomic mass is 16.5. The zero-order valence-corrected chi connectivity index (χ0v) is 15.3. The standard InChI is InChI=1S/C19H24BN3O4/c24-19(21-16-4-3-15-5-11-27-20(25)17(15)14-16)18-2-1-6-23(18)8-7-22-9-12-26-13-10-22/h1-4,6,14,25H,5,7-13H2,(H,21,24). The van der Waals surface area contributed by atoms with E-state index in [1.54, 1.807) is 6.07 Å². The summed E-state index contributed by atoms with van der Waals surface area (Å²) >= 11 is 0. The number of hydrogen-bond acceptors (Lipinski definition) is 5. The van der Waals surface area contributed by atoms with Crippen LogP contribution in [0.4, 0.5) is 5.69 Å². The van der Waals surface area contributed by atoms with Crippen molar-refractivity contribution < 1.29 is 19.2 Å². The fourth-order valence-corrected chi connectivity index (χ4v) is 3.58. The SMILES string of the molecule is O=C(Nc1ccc2c(c1)B(O)OCC2)c1cccn1CCN1CCOCC1. The molecule has 2 aliphatic heterocycles. The average molecular weight is 369 g/mol. The van der Waals surface area contributed by atoms with Gasteiger partial charge in [-0.1, -0.05) is 6.07 Å². The van der Waals surface area contributed by atoms with Gasteiger partial charge in [0.2, 0.25) is 0 Å². The maximum Gasteiger partial charge on any atom is 0.491 e. The minimum atomic E-state index is -0.928. The molecule has 1 aromatic heterocycles. The van der Waals surface area contributed by atoms with E-state index in [1.165, 1.54) is 0 Å². The number of hydrogen-bond donors (Lipinski definition) is 2. The number of nitrogens with zero attached hydrogens (tertiary/aromatic N) is 2. The number of anilines is 1. The Kier molecular flexibility index (Phi) is 5.59. The highest BCUT2D eigenvalue weighted by Crippen LogP contribution is 2.14. The van der Waals surface area contributed by atoms with Gasteiger partial charge < -0.3 is 24.3 Å². The average Bonchev–Trinajstić information content (AvgIpc) is 3.17. The molecule has 0 unspecified atom stereocenters. The van der Waals surface area contributed by atoms with Crippen LogP contribution in [-0.4, -0.2) is 67.0 Å². The predicted molar refractivity (Wildman–Crippen MR) is 103 cm³/mol. The zero-order valence-electron chi connectivity index (χ0n) is 15.3. The van der Waals surface area contributed by atoms with Gasteiger partial charge in [0.1, 0.15) is 5.69 Å². The lowest BCUT2D eigenvalue weighted by Gasteiger charge is -2.26. The van der Waals surface area contributed by atoms with Crippen LogP contribution in [0.25, 0.3) is 0 Å². The highest BCUT2D eigenvalue weighted by molar-refractivity contribution is 6.61. The van der Waals surface area contributed by atoms with E-state index in [2.05, 4.69) is 10.2 Å². The maximum absolute atomic E-state index is 12.7. The van der Waals surface area contributed by atoms with Gasteiger partial charge in [0.05, 0.1) is 13.2 Å². The van der Waals surface area contributed by atoms with Gasteiger partial charge in [-0.05, 0) is 41.7 Å². The molecule has 1 fully saturated rings. The van der Waals surface area contributed by atoms with Crippen molar-refractivity contribution in [3.8, 4) is 0 Å². The molecule has 1 amide bonds. The van der Waals surface area contributed by atoms with Gasteiger partial charge in [0.25, 0.3) is 5.91 Å². The Balaban J connectivity index is 1.41. The second kappa shape index (κ2) is 8.27. The van der Waals surface area contributed by atoms with Crippen molar-refractivity contribution in [3.05, 3.63) is 47.8 Å². The zero-order chi connectivity index (χ0) is 18.6. The minimum Gasteiger partial charge on any atom is -0.423 e. The van der Waals surface area contributed by atoms with Crippen molar-refractivity contribution >= 4 is 24.2 Å². The van der Waals surface area contributed by atoms with Crippen LogP contribution in [-0.2, 0) is 22.4 Å². The van der Waals surface area contributed by atoms with Crippen molar-refractivity contribution in [2.24, 2.45) is 0 Å². The first kappa shape index (κ1) is 18.2. The molecule has 142 valence electrons. The summed E-state index contributed by atoms with van der Waals surface area (Å²) in [7, 11) is -0.928. The number of carbonyl (C=O) groups excluding carboxylic acids is 1. The monoisotopic (exact) mass is 369 g/mol. The van der Waals surface area contributed by atoms with E-state index >= 15 is 0 Å². The van der Waals surface area contributed by atoms with E-state index < -0.39 is 7.12 Å². The Morgan fingerprint density at radius 2 is 2.04 bits per heavy atom. The van der Waals surface area contributed by atoms with Gasteiger partial charge >= 0.3 is 7.12 Å². The van der Waals surface area contributed by atoms with Crippen molar-refractivity contribution in [2.75, 3.05) is 44.8 Å². The van der Waals surface area contributed by atoms with Crippen LogP contribution in [0.1, 0.15) is 16.1 Å². The van der Waals surface area contributed by atoms with Crippen LogP contribution in [0.5, 0.6) is 0 Å². The van der Waals surface area contributed by atoms with Gasteiger partial charge in [-0.25, -0.2) is 0 Å². The molecule has 0 radical (unpaired) electrons. The summed E-state index contributed by atoms with van der Waals surface area (Å²) in [4.78, 5) is 15.1. The Morgan fingerprint density at radius 1 is 1.19 bits per heavy atom. The summed E-state index contributed by atoms with van der Waals surface area (Å²) in [6.07, 6.45) is 2.70. The van der Waals surface area contributed by atoms with Gasteiger partial charge in [-0.15, -0.1) is 0 Å². The van der Waals surface area contributed by atoms with Gasteiger partial charge in [0.15, 0.2) is 0 Å². The Labute approximate surface area is 159 Å². The number of rotatable bonds is 5. The number of benzene rings is 1. The van der Waals surface area contributed by atoms with E-state index in [4.69, 9.17) is 9.39 Å². The normalized spacial score (nSPS) is 17.6. The first-order valence-corrected chi connectivity index (χ1v) is 9.40. The van der Waals surface area contributed by atoms with Crippen molar-refractivity contribution in [3.63, 3.8) is 0 Å². The first-order valence-electron chi connectivity index (χ1n) is 9.40. The number of morpholine rings is 1. The summed E-state index contributed by atoms with van der Waals surface area (Å²) in [5, 5.41) is 12.9. The molecule has 4 rings (SSSR count). The molecule has 1 saturated heterocycles. The fourth-order valence-electron chi connectivity index (χ4n) is 3.58. The molecule has 2 aliphatic rings. The van der Waals surface area contributed by atoms with E-state index in [-0.39, 0.29) is 5.91 Å². The van der Waals surface area contributed by atoms with Crippen LogP contribution >= 0.6 is 0 Å². The quantitative estimate of drug-likeness (QED) is 0.744. The third-order valence-electron chi connectivity index (χ3n) is 5.14.